The summed E-state index contributed by atoms with van der Waals surface area (Å²) in [5.41, 5.74) is 0. The molecule has 0 fully saturated rings. The molecule has 17 heavy (non-hydrogen) atoms. The molecular weight excluding hydrogens is 310 g/mol. The Labute approximate surface area is 112 Å². The smallest absolute Gasteiger partial charge is 0.415 e. The fraction of sp³-hybridized carbons (Fsp3) is 0.222. The molecule has 3 amide bonds. The normalized spacial score (nSPS) is 9.59. The monoisotopic (exact) mass is 319 g/mol. The van der Waals surface area contributed by atoms with Gasteiger partial charge in [0, 0.05) is 10.7 Å². The van der Waals surface area contributed by atoms with Crippen LogP contribution in [-0.2, 0) is 4.74 Å². The highest BCUT2D eigenvalue weighted by molar-refractivity contribution is 9.10. The quantitative estimate of drug-likeness (QED) is 0.821. The summed E-state index contributed by atoms with van der Waals surface area (Å²) in [6.07, 6.45) is 0.673. The number of hydrogen-bond donors (Lipinski definition) is 2. The zero-order valence-electron chi connectivity index (χ0n) is 8.88. The van der Waals surface area contributed by atoms with Gasteiger partial charge in [-0.3, -0.25) is 0 Å². The molecule has 1 heterocycles. The first-order valence-electron chi connectivity index (χ1n) is 4.63. The second kappa shape index (κ2) is 6.45. The average molecular weight is 320 g/mol. The number of hydrogen-bond acceptors (Lipinski definition) is 5. The van der Waals surface area contributed by atoms with Crippen LogP contribution in [0.25, 0.3) is 0 Å². The van der Waals surface area contributed by atoms with Crippen LogP contribution in [0.4, 0.5) is 15.4 Å². The van der Waals surface area contributed by atoms with Gasteiger partial charge in [-0.15, -0.1) is 0 Å². The second-order valence-electron chi connectivity index (χ2n) is 2.79. The minimum atomic E-state index is -0.827. The maximum absolute atomic E-state index is 11.5. The third-order valence-corrected chi connectivity index (χ3v) is 2.48. The molecule has 6 nitrogen and oxygen atoms in total. The summed E-state index contributed by atoms with van der Waals surface area (Å²) < 4.78 is 6.21. The Morgan fingerprint density at radius 2 is 2.35 bits per heavy atom. The molecule has 0 aliphatic carbocycles. The number of aromatic nitrogens is 1. The molecular formula is C9H10BrN3O3S. The molecule has 1 aromatic rings. The molecule has 8 heteroatoms. The zero-order chi connectivity index (χ0) is 12.8. The van der Waals surface area contributed by atoms with Crippen molar-refractivity contribution in [2.45, 2.75) is 6.92 Å². The van der Waals surface area contributed by atoms with Gasteiger partial charge in [-0.1, -0.05) is 28.7 Å². The lowest BCUT2D eigenvalue weighted by Crippen LogP contribution is -2.38. The van der Waals surface area contributed by atoms with E-state index in [1.807, 2.05) is 5.32 Å². The number of imide groups is 1. The molecule has 0 aliphatic heterocycles. The Bertz CT molecular complexity index is 430. The van der Waals surface area contributed by atoms with Crippen LogP contribution in [-0.4, -0.2) is 23.7 Å². The van der Waals surface area contributed by atoms with E-state index < -0.39 is 12.1 Å². The predicted molar refractivity (Wildman–Crippen MR) is 69.0 cm³/mol. The molecule has 0 radical (unpaired) electrons. The maximum atomic E-state index is 11.5. The molecule has 0 aliphatic rings. The van der Waals surface area contributed by atoms with E-state index in [-0.39, 0.29) is 12.4 Å². The molecule has 0 spiro atoms. The number of amides is 3. The highest BCUT2D eigenvalue weighted by atomic mass is 79.9. The number of nitrogens with zero attached hydrogens (tertiary/aromatic N) is 2. The molecule has 0 bridgehead atoms. The SMILES string of the molecule is CCOC(=O)NC(=O)N(S)c1cc(Br)ccn1. The van der Waals surface area contributed by atoms with E-state index in [1.54, 1.807) is 19.1 Å². The Morgan fingerprint density at radius 1 is 1.65 bits per heavy atom. The largest absolute Gasteiger partial charge is 0.450 e. The number of halogens is 1. The summed E-state index contributed by atoms with van der Waals surface area (Å²) in [6, 6.07) is 2.55. The van der Waals surface area contributed by atoms with Crippen molar-refractivity contribution in [3.63, 3.8) is 0 Å². The van der Waals surface area contributed by atoms with Crippen LogP contribution in [0.3, 0.4) is 0 Å². The molecule has 0 saturated heterocycles. The van der Waals surface area contributed by atoms with Crippen LogP contribution in [0.2, 0.25) is 0 Å². The lowest BCUT2D eigenvalue weighted by molar-refractivity contribution is 0.154. The maximum Gasteiger partial charge on any atom is 0.415 e. The molecule has 0 aromatic carbocycles. The van der Waals surface area contributed by atoms with Gasteiger partial charge in [0.2, 0.25) is 0 Å². The zero-order valence-corrected chi connectivity index (χ0v) is 11.4. The Kier molecular flexibility index (Phi) is 5.23. The van der Waals surface area contributed by atoms with Crippen LogP contribution in [0.15, 0.2) is 22.8 Å². The number of anilines is 1. The first kappa shape index (κ1) is 13.8. The number of carbonyl (C=O) groups is 2. The van der Waals surface area contributed by atoms with E-state index in [0.29, 0.717) is 0 Å². The molecule has 1 aromatic heterocycles. The number of alkyl carbamates (subject to hydrolysis) is 1. The Morgan fingerprint density at radius 3 is 2.94 bits per heavy atom. The summed E-state index contributed by atoms with van der Waals surface area (Å²) in [5.74, 6) is 0.282. The summed E-state index contributed by atoms with van der Waals surface area (Å²) in [6.45, 7) is 1.82. The van der Waals surface area contributed by atoms with Crippen LogP contribution < -0.4 is 9.62 Å². The highest BCUT2D eigenvalue weighted by Crippen LogP contribution is 2.18. The van der Waals surface area contributed by atoms with Crippen LogP contribution in [0.1, 0.15) is 6.92 Å². The van der Waals surface area contributed by atoms with E-state index >= 15 is 0 Å². The molecule has 1 N–H and O–H groups in total. The minimum Gasteiger partial charge on any atom is -0.450 e. The number of urea groups is 1. The molecule has 0 atom stereocenters. The number of thiol groups is 1. The van der Waals surface area contributed by atoms with Crippen molar-refractivity contribution >= 4 is 46.7 Å². The van der Waals surface area contributed by atoms with Crippen molar-refractivity contribution in [1.29, 1.82) is 0 Å². The first-order valence-corrected chi connectivity index (χ1v) is 5.82. The summed E-state index contributed by atoms with van der Waals surface area (Å²) in [4.78, 5) is 26.5. The van der Waals surface area contributed by atoms with Gasteiger partial charge in [0.05, 0.1) is 6.61 Å². The van der Waals surface area contributed by atoms with Crippen LogP contribution >= 0.6 is 28.7 Å². The van der Waals surface area contributed by atoms with Crippen molar-refractivity contribution in [3.05, 3.63) is 22.8 Å². The van der Waals surface area contributed by atoms with E-state index in [4.69, 9.17) is 0 Å². The third kappa shape index (κ3) is 4.23. The first-order chi connectivity index (χ1) is 8.04. The number of ether oxygens (including phenoxy) is 1. The van der Waals surface area contributed by atoms with E-state index in [1.165, 1.54) is 6.20 Å². The summed E-state index contributed by atoms with van der Waals surface area (Å²) in [7, 11) is 0. The second-order valence-corrected chi connectivity index (χ2v) is 4.11. The van der Waals surface area contributed by atoms with Crippen molar-refractivity contribution in [2.75, 3.05) is 10.9 Å². The predicted octanol–water partition coefficient (Wildman–Crippen LogP) is 2.36. The topological polar surface area (TPSA) is 71.5 Å². The summed E-state index contributed by atoms with van der Waals surface area (Å²) >= 11 is 7.17. The van der Waals surface area contributed by atoms with Gasteiger partial charge in [0.25, 0.3) is 0 Å². The van der Waals surface area contributed by atoms with Crippen LogP contribution in [0, 0.1) is 0 Å². The number of rotatable bonds is 2. The Hall–Kier alpha value is -1.28. The van der Waals surface area contributed by atoms with Gasteiger partial charge in [-0.25, -0.2) is 24.2 Å². The fourth-order valence-electron chi connectivity index (χ4n) is 0.921. The van der Waals surface area contributed by atoms with E-state index in [2.05, 4.69) is 38.5 Å². The summed E-state index contributed by atoms with van der Waals surface area (Å²) in [5, 5.41) is 1.99. The van der Waals surface area contributed by atoms with Crippen molar-refractivity contribution in [2.24, 2.45) is 0 Å². The van der Waals surface area contributed by atoms with Gasteiger partial charge >= 0.3 is 12.1 Å². The van der Waals surface area contributed by atoms with Crippen molar-refractivity contribution in [1.82, 2.24) is 10.3 Å². The van der Waals surface area contributed by atoms with Crippen molar-refractivity contribution in [3.8, 4) is 0 Å². The standard InChI is InChI=1S/C9H10BrN3O3S/c1-2-16-9(15)12-8(14)13(17)7-5-6(10)3-4-11-7/h3-5,17H,2H2,1H3,(H,12,14,15). The van der Waals surface area contributed by atoms with Gasteiger partial charge in [-0.2, -0.15) is 0 Å². The molecule has 0 unspecified atom stereocenters. The highest BCUT2D eigenvalue weighted by Gasteiger charge is 2.16. The number of pyridine rings is 1. The lowest BCUT2D eigenvalue weighted by Gasteiger charge is -2.14. The van der Waals surface area contributed by atoms with Crippen LogP contribution in [0.5, 0.6) is 0 Å². The average Bonchev–Trinajstić information content (AvgIpc) is 2.28. The minimum absolute atomic E-state index is 0.181. The molecule has 0 saturated carbocycles. The Balaban J connectivity index is 2.67. The molecule has 92 valence electrons. The number of carbonyl (C=O) groups excluding carboxylic acids is 2. The fourth-order valence-corrected chi connectivity index (χ4v) is 1.40. The van der Waals surface area contributed by atoms with Gasteiger partial charge in [-0.05, 0) is 19.1 Å². The van der Waals surface area contributed by atoms with Crippen molar-refractivity contribution < 1.29 is 14.3 Å². The molecule has 1 rings (SSSR count). The van der Waals surface area contributed by atoms with Gasteiger partial charge < -0.3 is 4.74 Å². The van der Waals surface area contributed by atoms with Gasteiger partial charge in [0.15, 0.2) is 0 Å². The van der Waals surface area contributed by atoms with E-state index in [0.717, 1.165) is 8.78 Å². The van der Waals surface area contributed by atoms with E-state index in [9.17, 15) is 9.59 Å². The van der Waals surface area contributed by atoms with Gasteiger partial charge in [0.1, 0.15) is 5.82 Å². The third-order valence-electron chi connectivity index (χ3n) is 1.60. The lowest BCUT2D eigenvalue weighted by atomic mass is 10.5. The number of nitrogens with one attached hydrogen (secondary N) is 1.